The summed E-state index contributed by atoms with van der Waals surface area (Å²) in [5.74, 6) is 0. The average Bonchev–Trinajstić information content (AvgIpc) is 2.69. The Kier molecular flexibility index (Phi) is 3.86. The Hall–Kier alpha value is -0.380. The fraction of sp³-hybridized carbons (Fsp3) is 0.733. The molecule has 1 aliphatic rings. The second-order valence-corrected chi connectivity index (χ2v) is 8.10. The molecule has 1 aromatic heterocycles. The summed E-state index contributed by atoms with van der Waals surface area (Å²) in [5, 5.41) is 3.48. The molecule has 1 N–H and O–H groups in total. The van der Waals surface area contributed by atoms with Crippen LogP contribution in [0.1, 0.15) is 44.4 Å². The van der Waals surface area contributed by atoms with Crippen molar-refractivity contribution in [1.82, 2.24) is 10.2 Å². The number of piperazine rings is 1. The zero-order valence-electron chi connectivity index (χ0n) is 12.3. The Bertz CT molecular complexity index is 401. The predicted molar refractivity (Wildman–Crippen MR) is 80.4 cm³/mol. The molecule has 0 aliphatic carbocycles. The molecule has 0 aromatic carbocycles. The van der Waals surface area contributed by atoms with Crippen LogP contribution < -0.4 is 5.32 Å². The average molecular weight is 266 g/mol. The molecule has 1 aliphatic heterocycles. The van der Waals surface area contributed by atoms with E-state index in [1.165, 1.54) is 9.75 Å². The van der Waals surface area contributed by atoms with Crippen LogP contribution in [0.3, 0.4) is 0 Å². The highest BCUT2D eigenvalue weighted by Crippen LogP contribution is 2.31. The fourth-order valence-corrected chi connectivity index (χ4v) is 3.45. The summed E-state index contributed by atoms with van der Waals surface area (Å²) < 4.78 is 0. The Labute approximate surface area is 115 Å². The molecule has 2 nitrogen and oxygen atoms in total. The molecule has 2 heterocycles. The first kappa shape index (κ1) is 14.0. The van der Waals surface area contributed by atoms with Crippen molar-refractivity contribution >= 4 is 11.3 Å². The van der Waals surface area contributed by atoms with Crippen LogP contribution in [0.4, 0.5) is 0 Å². The van der Waals surface area contributed by atoms with Gasteiger partial charge in [-0.05, 0) is 31.4 Å². The van der Waals surface area contributed by atoms with Gasteiger partial charge < -0.3 is 5.32 Å². The maximum Gasteiger partial charge on any atom is 0.0334 e. The van der Waals surface area contributed by atoms with E-state index in [1.807, 2.05) is 11.3 Å². The zero-order chi connectivity index (χ0) is 13.4. The van der Waals surface area contributed by atoms with Crippen molar-refractivity contribution in [2.24, 2.45) is 0 Å². The van der Waals surface area contributed by atoms with E-state index in [2.05, 4.69) is 57.0 Å². The van der Waals surface area contributed by atoms with E-state index in [9.17, 15) is 0 Å². The van der Waals surface area contributed by atoms with E-state index < -0.39 is 0 Å². The van der Waals surface area contributed by atoms with Crippen LogP contribution >= 0.6 is 11.3 Å². The second kappa shape index (κ2) is 4.95. The molecule has 0 radical (unpaired) electrons. The first-order valence-electron chi connectivity index (χ1n) is 6.84. The van der Waals surface area contributed by atoms with Gasteiger partial charge in [0.1, 0.15) is 0 Å². The lowest BCUT2D eigenvalue weighted by molar-refractivity contribution is 0.0838. The Morgan fingerprint density at radius 3 is 2.61 bits per heavy atom. The molecule has 18 heavy (non-hydrogen) atoms. The number of nitrogens with zero attached hydrogens (tertiary/aromatic N) is 1. The van der Waals surface area contributed by atoms with Gasteiger partial charge in [0.15, 0.2) is 0 Å². The molecule has 1 aromatic rings. The Morgan fingerprint density at radius 2 is 2.06 bits per heavy atom. The maximum atomic E-state index is 3.48. The van der Waals surface area contributed by atoms with Gasteiger partial charge in [0.05, 0.1) is 0 Å². The first-order valence-corrected chi connectivity index (χ1v) is 7.66. The summed E-state index contributed by atoms with van der Waals surface area (Å²) in [7, 11) is 0. The van der Waals surface area contributed by atoms with Crippen LogP contribution in [0.25, 0.3) is 0 Å². The topological polar surface area (TPSA) is 15.3 Å². The van der Waals surface area contributed by atoms with Crippen LogP contribution in [-0.2, 0) is 12.0 Å². The van der Waals surface area contributed by atoms with Gasteiger partial charge in [-0.1, -0.05) is 20.8 Å². The molecule has 0 saturated carbocycles. The molecule has 0 amide bonds. The van der Waals surface area contributed by atoms with E-state index in [4.69, 9.17) is 0 Å². The molecule has 1 saturated heterocycles. The van der Waals surface area contributed by atoms with Gasteiger partial charge >= 0.3 is 0 Å². The van der Waals surface area contributed by atoms with Crippen molar-refractivity contribution in [1.29, 1.82) is 0 Å². The minimum atomic E-state index is 0.268. The lowest BCUT2D eigenvalue weighted by Crippen LogP contribution is -2.57. The van der Waals surface area contributed by atoms with Crippen molar-refractivity contribution in [3.8, 4) is 0 Å². The molecular weight excluding hydrogens is 240 g/mol. The highest BCUT2D eigenvalue weighted by atomic mass is 32.1. The summed E-state index contributed by atoms with van der Waals surface area (Å²) >= 11 is 1.97. The largest absolute Gasteiger partial charge is 0.314 e. The standard InChI is InChI=1S/C15H26N2S/c1-14(2,3)13-7-6-12(18-13)10-17-9-8-16-11-15(17,4)5/h6-7,16H,8-11H2,1-5H3. The smallest absolute Gasteiger partial charge is 0.0334 e. The van der Waals surface area contributed by atoms with Crippen LogP contribution in [0, 0.1) is 0 Å². The van der Waals surface area contributed by atoms with E-state index in [0.717, 1.165) is 26.2 Å². The minimum Gasteiger partial charge on any atom is -0.314 e. The van der Waals surface area contributed by atoms with Crippen molar-refractivity contribution in [3.63, 3.8) is 0 Å². The fourth-order valence-electron chi connectivity index (χ4n) is 2.37. The Balaban J connectivity index is 2.07. The van der Waals surface area contributed by atoms with Crippen LogP contribution in [0.15, 0.2) is 12.1 Å². The van der Waals surface area contributed by atoms with Gasteiger partial charge in [-0.3, -0.25) is 4.90 Å². The van der Waals surface area contributed by atoms with E-state index in [-0.39, 0.29) is 11.0 Å². The van der Waals surface area contributed by atoms with Crippen LogP contribution in [0.5, 0.6) is 0 Å². The zero-order valence-corrected chi connectivity index (χ0v) is 13.2. The molecular formula is C15H26N2S. The number of thiophene rings is 1. The minimum absolute atomic E-state index is 0.268. The molecule has 0 unspecified atom stereocenters. The number of rotatable bonds is 2. The first-order chi connectivity index (χ1) is 8.29. The third-order valence-corrected chi connectivity index (χ3v) is 5.22. The van der Waals surface area contributed by atoms with Crippen LogP contribution in [-0.4, -0.2) is 30.1 Å². The van der Waals surface area contributed by atoms with Crippen molar-refractivity contribution in [2.45, 2.75) is 52.1 Å². The summed E-state index contributed by atoms with van der Waals surface area (Å²) in [5.41, 5.74) is 0.548. The lowest BCUT2D eigenvalue weighted by atomic mass is 9.95. The van der Waals surface area contributed by atoms with Gasteiger partial charge in [0, 0.05) is 41.5 Å². The molecule has 1 fully saturated rings. The van der Waals surface area contributed by atoms with E-state index >= 15 is 0 Å². The second-order valence-electron chi connectivity index (χ2n) is 6.93. The summed E-state index contributed by atoms with van der Waals surface area (Å²) in [6.07, 6.45) is 0. The SMILES string of the molecule is CC(C)(C)c1ccc(CN2CCNCC2(C)C)s1. The number of nitrogens with one attached hydrogen (secondary N) is 1. The maximum absolute atomic E-state index is 3.48. The normalized spacial score (nSPS) is 21.2. The lowest BCUT2D eigenvalue weighted by Gasteiger charge is -2.42. The molecule has 3 heteroatoms. The summed E-state index contributed by atoms with van der Waals surface area (Å²) in [6, 6.07) is 4.61. The van der Waals surface area contributed by atoms with Gasteiger partial charge in [-0.15, -0.1) is 11.3 Å². The highest BCUT2D eigenvalue weighted by Gasteiger charge is 2.29. The Morgan fingerprint density at radius 1 is 1.33 bits per heavy atom. The summed E-state index contributed by atoms with van der Waals surface area (Å²) in [4.78, 5) is 5.59. The number of hydrogen-bond donors (Lipinski definition) is 1. The van der Waals surface area contributed by atoms with E-state index in [0.29, 0.717) is 0 Å². The molecule has 2 rings (SSSR count). The van der Waals surface area contributed by atoms with E-state index in [1.54, 1.807) is 0 Å². The summed E-state index contributed by atoms with van der Waals surface area (Å²) in [6.45, 7) is 16.0. The number of hydrogen-bond acceptors (Lipinski definition) is 3. The van der Waals surface area contributed by atoms with Gasteiger partial charge in [-0.2, -0.15) is 0 Å². The van der Waals surface area contributed by atoms with Gasteiger partial charge in [-0.25, -0.2) is 0 Å². The van der Waals surface area contributed by atoms with Crippen molar-refractivity contribution in [3.05, 3.63) is 21.9 Å². The van der Waals surface area contributed by atoms with Crippen molar-refractivity contribution < 1.29 is 0 Å². The molecule has 102 valence electrons. The molecule has 0 atom stereocenters. The molecule has 0 spiro atoms. The van der Waals surface area contributed by atoms with Gasteiger partial charge in [0.25, 0.3) is 0 Å². The third kappa shape index (κ3) is 3.14. The van der Waals surface area contributed by atoms with Crippen molar-refractivity contribution in [2.75, 3.05) is 19.6 Å². The predicted octanol–water partition coefficient (Wildman–Crippen LogP) is 3.23. The highest BCUT2D eigenvalue weighted by molar-refractivity contribution is 7.12. The third-order valence-electron chi connectivity index (χ3n) is 3.72. The molecule has 0 bridgehead atoms. The quantitative estimate of drug-likeness (QED) is 0.884. The van der Waals surface area contributed by atoms with Crippen LogP contribution in [0.2, 0.25) is 0 Å². The van der Waals surface area contributed by atoms with Gasteiger partial charge in [0.2, 0.25) is 0 Å². The monoisotopic (exact) mass is 266 g/mol.